The number of benzene rings is 1. The number of nitrogens with one attached hydrogen (secondary N) is 1. The zero-order valence-corrected chi connectivity index (χ0v) is 20.0. The van der Waals surface area contributed by atoms with E-state index in [0.717, 1.165) is 10.7 Å². The molecule has 12 heteroatoms. The van der Waals surface area contributed by atoms with Crippen molar-refractivity contribution in [1.82, 2.24) is 15.1 Å². The average molecular weight is 523 g/mol. The van der Waals surface area contributed by atoms with Crippen molar-refractivity contribution in [3.8, 4) is 5.75 Å². The molecule has 200 valence electrons. The summed E-state index contributed by atoms with van der Waals surface area (Å²) in [5.41, 5.74) is -5.27. The van der Waals surface area contributed by atoms with Gasteiger partial charge in [-0.1, -0.05) is 0 Å². The van der Waals surface area contributed by atoms with Crippen LogP contribution in [-0.2, 0) is 6.18 Å². The molecule has 0 amide bonds. The Morgan fingerprint density at radius 2 is 1.78 bits per heavy atom. The van der Waals surface area contributed by atoms with E-state index in [0.29, 0.717) is 0 Å². The molecule has 1 saturated heterocycles. The van der Waals surface area contributed by atoms with Gasteiger partial charge in [0.2, 0.25) is 5.95 Å². The summed E-state index contributed by atoms with van der Waals surface area (Å²) in [6, 6.07) is 0.711. The predicted octanol–water partition coefficient (Wildman–Crippen LogP) is 5.76. The van der Waals surface area contributed by atoms with E-state index in [2.05, 4.69) is 10.4 Å². The van der Waals surface area contributed by atoms with Crippen molar-refractivity contribution in [3.05, 3.63) is 23.6 Å². The van der Waals surface area contributed by atoms with Gasteiger partial charge in [-0.3, -0.25) is 4.68 Å². The standard InChI is InChI=1S/C24H28F7N3O2/c1-12(2)34-18-16(19(25)33-34)4-15(5-17(18)23(26,27)28)36-8-14-7-22(35,6-13(3)32-14)20-9-21(10-20,11-20)24(29,30)31/h4-5,12-14,32,35H,6-11H2,1-3H3. The SMILES string of the molecule is CC1CC(O)(C23CC(C(F)(F)F)(C2)C3)CC(COc2cc(C(F)(F)F)c3c(c2)c(F)nn3C(C)C)N1. The van der Waals surface area contributed by atoms with E-state index in [1.54, 1.807) is 20.8 Å². The Kier molecular flexibility index (Phi) is 5.48. The first-order chi connectivity index (χ1) is 16.5. The lowest BCUT2D eigenvalue weighted by molar-refractivity contribution is -0.403. The Balaban J connectivity index is 1.36. The summed E-state index contributed by atoms with van der Waals surface area (Å²) < 4.78 is 103. The van der Waals surface area contributed by atoms with Crippen LogP contribution in [0.15, 0.2) is 12.1 Å². The first-order valence-corrected chi connectivity index (χ1v) is 12.0. The molecule has 4 aliphatic rings. The van der Waals surface area contributed by atoms with Gasteiger partial charge in [-0.15, -0.1) is 5.10 Å². The molecule has 5 nitrogen and oxygen atoms in total. The molecule has 2 N–H and O–H groups in total. The second-order valence-corrected chi connectivity index (χ2v) is 11.3. The van der Waals surface area contributed by atoms with Crippen molar-refractivity contribution < 1.29 is 40.6 Å². The highest BCUT2D eigenvalue weighted by atomic mass is 19.4. The van der Waals surface area contributed by atoms with Gasteiger partial charge in [0.25, 0.3) is 0 Å². The van der Waals surface area contributed by atoms with Gasteiger partial charge in [0.1, 0.15) is 12.4 Å². The van der Waals surface area contributed by atoms with Crippen molar-refractivity contribution in [1.29, 1.82) is 0 Å². The minimum Gasteiger partial charge on any atom is -0.492 e. The Morgan fingerprint density at radius 1 is 1.14 bits per heavy atom. The summed E-state index contributed by atoms with van der Waals surface area (Å²) in [6.07, 6.45) is -9.01. The van der Waals surface area contributed by atoms with Gasteiger partial charge in [-0.05, 0) is 65.0 Å². The summed E-state index contributed by atoms with van der Waals surface area (Å²) in [6.45, 7) is 4.84. The van der Waals surface area contributed by atoms with Crippen molar-refractivity contribution >= 4 is 10.9 Å². The van der Waals surface area contributed by atoms with Gasteiger partial charge >= 0.3 is 12.4 Å². The fraction of sp³-hybridized carbons (Fsp3) is 0.708. The topological polar surface area (TPSA) is 59.3 Å². The van der Waals surface area contributed by atoms with Crippen LogP contribution in [0.3, 0.4) is 0 Å². The van der Waals surface area contributed by atoms with Gasteiger partial charge in [0.15, 0.2) is 0 Å². The molecule has 2 heterocycles. The zero-order valence-electron chi connectivity index (χ0n) is 20.0. The highest BCUT2D eigenvalue weighted by Crippen LogP contribution is 2.82. The number of halogens is 7. The molecular weight excluding hydrogens is 495 g/mol. The quantitative estimate of drug-likeness (QED) is 0.490. The monoisotopic (exact) mass is 523 g/mol. The molecule has 1 aromatic carbocycles. The van der Waals surface area contributed by atoms with Crippen LogP contribution in [0.5, 0.6) is 5.75 Å². The number of hydrogen-bond donors (Lipinski definition) is 2. The smallest absolute Gasteiger partial charge is 0.418 e. The maximum absolute atomic E-state index is 14.5. The maximum atomic E-state index is 14.5. The number of rotatable bonds is 5. The Bertz CT molecular complexity index is 1170. The lowest BCUT2D eigenvalue weighted by atomic mass is 9.29. The lowest BCUT2D eigenvalue weighted by Gasteiger charge is -2.76. The third-order valence-corrected chi connectivity index (χ3v) is 8.34. The molecule has 0 spiro atoms. The van der Waals surface area contributed by atoms with Gasteiger partial charge < -0.3 is 15.2 Å². The molecule has 2 aromatic rings. The average Bonchev–Trinajstić information content (AvgIpc) is 2.97. The molecule has 3 saturated carbocycles. The van der Waals surface area contributed by atoms with Gasteiger partial charge in [0.05, 0.1) is 27.5 Å². The number of alkyl halides is 6. The van der Waals surface area contributed by atoms with Crippen LogP contribution in [0.4, 0.5) is 30.7 Å². The van der Waals surface area contributed by atoms with E-state index in [9.17, 15) is 35.8 Å². The summed E-state index contributed by atoms with van der Waals surface area (Å²) >= 11 is 0. The van der Waals surface area contributed by atoms with Crippen molar-refractivity contribution in [2.75, 3.05) is 6.61 Å². The number of aromatic nitrogens is 2. The van der Waals surface area contributed by atoms with Gasteiger partial charge in [-0.25, -0.2) is 0 Å². The Morgan fingerprint density at radius 3 is 2.33 bits per heavy atom. The summed E-state index contributed by atoms with van der Waals surface area (Å²) in [4.78, 5) is 0. The van der Waals surface area contributed by atoms with Crippen molar-refractivity contribution in [3.63, 3.8) is 0 Å². The number of ether oxygens (including phenoxy) is 1. The summed E-state index contributed by atoms with van der Waals surface area (Å²) in [5.74, 6) is -1.25. The van der Waals surface area contributed by atoms with Crippen LogP contribution >= 0.6 is 0 Å². The fourth-order valence-electron chi connectivity index (χ4n) is 6.72. The molecule has 1 aliphatic heterocycles. The summed E-state index contributed by atoms with van der Waals surface area (Å²) in [5, 5.41) is 17.9. The number of piperidine rings is 1. The second-order valence-electron chi connectivity index (χ2n) is 11.3. The first-order valence-electron chi connectivity index (χ1n) is 12.0. The molecule has 3 aliphatic carbocycles. The predicted molar refractivity (Wildman–Crippen MR) is 116 cm³/mol. The van der Waals surface area contributed by atoms with Crippen LogP contribution in [0, 0.1) is 16.8 Å². The van der Waals surface area contributed by atoms with Crippen molar-refractivity contribution in [2.45, 2.75) is 89.0 Å². The number of fused-ring (bicyclic) bond motifs is 1. The van der Waals surface area contributed by atoms with E-state index in [-0.39, 0.29) is 61.4 Å². The maximum Gasteiger partial charge on any atom is 0.418 e. The molecule has 0 radical (unpaired) electrons. The number of aliphatic hydroxyl groups is 1. The van der Waals surface area contributed by atoms with Crippen LogP contribution in [0.1, 0.15) is 64.5 Å². The van der Waals surface area contributed by atoms with Crippen LogP contribution in [0.2, 0.25) is 0 Å². The molecule has 3 atom stereocenters. The number of hydrogen-bond acceptors (Lipinski definition) is 4. The second kappa shape index (κ2) is 7.72. The summed E-state index contributed by atoms with van der Waals surface area (Å²) in [7, 11) is 0. The highest BCUT2D eigenvalue weighted by Gasteiger charge is 2.83. The van der Waals surface area contributed by atoms with Gasteiger partial charge in [0, 0.05) is 23.5 Å². The van der Waals surface area contributed by atoms with Crippen LogP contribution in [0.25, 0.3) is 10.9 Å². The lowest BCUT2D eigenvalue weighted by Crippen LogP contribution is -2.78. The third-order valence-electron chi connectivity index (χ3n) is 8.34. The molecular formula is C24H28F7N3O2. The largest absolute Gasteiger partial charge is 0.492 e. The van der Waals surface area contributed by atoms with E-state index < -0.39 is 52.4 Å². The van der Waals surface area contributed by atoms with Crippen LogP contribution in [-0.4, -0.2) is 45.4 Å². The van der Waals surface area contributed by atoms with Gasteiger partial charge in [-0.2, -0.15) is 30.7 Å². The Hall–Kier alpha value is -2.08. The highest BCUT2D eigenvalue weighted by molar-refractivity contribution is 5.85. The molecule has 36 heavy (non-hydrogen) atoms. The minimum atomic E-state index is -4.78. The molecule has 3 unspecified atom stereocenters. The molecule has 6 rings (SSSR count). The zero-order chi connectivity index (χ0) is 26.5. The van der Waals surface area contributed by atoms with E-state index in [4.69, 9.17) is 4.74 Å². The molecule has 1 aromatic heterocycles. The molecule has 4 fully saturated rings. The van der Waals surface area contributed by atoms with E-state index >= 15 is 0 Å². The third kappa shape index (κ3) is 3.69. The van der Waals surface area contributed by atoms with E-state index in [1.807, 2.05) is 0 Å². The number of nitrogens with zero attached hydrogens (tertiary/aromatic N) is 2. The first kappa shape index (κ1) is 25.6. The normalized spacial score (nSPS) is 34.6. The van der Waals surface area contributed by atoms with Crippen molar-refractivity contribution in [2.24, 2.45) is 10.8 Å². The minimum absolute atomic E-state index is 0.106. The Labute approximate surface area is 203 Å². The van der Waals surface area contributed by atoms with Crippen LogP contribution < -0.4 is 10.1 Å². The molecule has 2 bridgehead atoms. The van der Waals surface area contributed by atoms with E-state index in [1.165, 1.54) is 6.07 Å². The fourth-order valence-corrected chi connectivity index (χ4v) is 6.72.